The maximum atomic E-state index is 12.4. The zero-order valence-corrected chi connectivity index (χ0v) is 37.6. The van der Waals surface area contributed by atoms with Crippen molar-refractivity contribution in [3.05, 3.63) is 0 Å². The van der Waals surface area contributed by atoms with Crippen LogP contribution in [0.5, 0.6) is 0 Å². The van der Waals surface area contributed by atoms with Gasteiger partial charge in [0.1, 0.15) is 30.5 Å². The van der Waals surface area contributed by atoms with Crippen molar-refractivity contribution in [1.82, 2.24) is 0 Å². The van der Waals surface area contributed by atoms with Crippen LogP contribution < -0.4 is 0 Å². The fraction of sp³-hybridized carbons (Fsp3) is 0.956. The molecule has 0 unspecified atom stereocenters. The molecule has 0 aromatic heterocycles. The van der Waals surface area contributed by atoms with Crippen LogP contribution in [-0.4, -0.2) is 163 Å². The Morgan fingerprint density at radius 2 is 1.48 bits per heavy atom. The third-order valence-electron chi connectivity index (χ3n) is 17.9. The van der Waals surface area contributed by atoms with E-state index in [1.165, 1.54) is 13.8 Å². The van der Waals surface area contributed by atoms with Crippen LogP contribution in [-0.2, 0) is 38.0 Å². The quantitative estimate of drug-likeness (QED) is 0.0909. The fourth-order valence-electron chi connectivity index (χ4n) is 15.0. The Bertz CT molecular complexity index is 1640. The van der Waals surface area contributed by atoms with Gasteiger partial charge in [-0.15, -0.1) is 0 Å². The molecule has 7 fully saturated rings. The average Bonchev–Trinajstić information content (AvgIpc) is 3.77. The summed E-state index contributed by atoms with van der Waals surface area (Å²) in [5, 5.41) is 99.5. The van der Waals surface area contributed by atoms with Crippen molar-refractivity contribution >= 4 is 11.9 Å². The van der Waals surface area contributed by atoms with Crippen molar-refractivity contribution in [2.45, 2.75) is 199 Å². The molecule has 0 aromatic carbocycles. The van der Waals surface area contributed by atoms with Crippen molar-refractivity contribution in [2.24, 2.45) is 50.7 Å². The maximum Gasteiger partial charge on any atom is 0.303 e. The monoisotopic (exact) mass is 886 g/mol. The van der Waals surface area contributed by atoms with Crippen LogP contribution in [0.2, 0.25) is 0 Å². The van der Waals surface area contributed by atoms with Crippen LogP contribution >= 0.6 is 0 Å². The Hall–Kier alpha value is -1.58. The number of hydrogen-bond donors (Lipinski definition) is 9. The first-order chi connectivity index (χ1) is 28.9. The predicted molar refractivity (Wildman–Crippen MR) is 216 cm³/mol. The molecule has 7 rings (SSSR count). The third kappa shape index (κ3) is 7.48. The van der Waals surface area contributed by atoms with Crippen molar-refractivity contribution in [3.8, 4) is 0 Å². The maximum absolute atomic E-state index is 12.4. The summed E-state index contributed by atoms with van der Waals surface area (Å²) in [6.07, 6.45) is -9.48. The molecule has 21 atom stereocenters. The second kappa shape index (κ2) is 16.9. The largest absolute Gasteiger partial charge is 0.455 e. The van der Waals surface area contributed by atoms with Gasteiger partial charge in [-0.2, -0.15) is 0 Å². The number of fused-ring (bicyclic) bond motifs is 2. The number of ether oxygens (including phenoxy) is 6. The molecule has 17 heteroatoms. The topological polar surface area (TPSA) is 272 Å². The van der Waals surface area contributed by atoms with E-state index in [1.807, 2.05) is 6.92 Å². The highest BCUT2D eigenvalue weighted by Crippen LogP contribution is 2.89. The van der Waals surface area contributed by atoms with Gasteiger partial charge < -0.3 is 74.4 Å². The summed E-state index contributed by atoms with van der Waals surface area (Å²) in [6, 6.07) is 0. The van der Waals surface area contributed by atoms with E-state index in [0.29, 0.717) is 32.1 Å². The van der Waals surface area contributed by atoms with Crippen LogP contribution in [0.25, 0.3) is 0 Å². The number of esters is 2. The molecule has 2 heterocycles. The molecule has 2 saturated heterocycles. The van der Waals surface area contributed by atoms with Crippen LogP contribution in [0, 0.1) is 50.7 Å². The van der Waals surface area contributed by atoms with Gasteiger partial charge in [-0.3, -0.25) is 9.59 Å². The van der Waals surface area contributed by atoms with E-state index in [2.05, 4.69) is 20.8 Å². The van der Waals surface area contributed by atoms with E-state index in [0.717, 1.165) is 19.3 Å². The molecular formula is C45H74O17. The molecule has 62 heavy (non-hydrogen) atoms. The first kappa shape index (κ1) is 48.4. The molecule has 0 radical (unpaired) electrons. The summed E-state index contributed by atoms with van der Waals surface area (Å²) in [5.74, 6) is -2.00. The molecule has 0 bridgehead atoms. The number of rotatable bonds is 13. The van der Waals surface area contributed by atoms with Crippen LogP contribution in [0.1, 0.15) is 113 Å². The van der Waals surface area contributed by atoms with Crippen LogP contribution in [0.3, 0.4) is 0 Å². The lowest BCUT2D eigenvalue weighted by atomic mass is 9.41. The summed E-state index contributed by atoms with van der Waals surface area (Å²) >= 11 is 0. The molecule has 0 amide bonds. The van der Waals surface area contributed by atoms with E-state index in [4.69, 9.17) is 28.4 Å². The number of carbonyl (C=O) groups is 2. The molecule has 5 saturated carbocycles. The van der Waals surface area contributed by atoms with Gasteiger partial charge >= 0.3 is 11.9 Å². The fourth-order valence-corrected chi connectivity index (χ4v) is 15.0. The lowest BCUT2D eigenvalue weighted by Crippen LogP contribution is -2.64. The van der Waals surface area contributed by atoms with Crippen LogP contribution in [0.4, 0.5) is 0 Å². The molecule has 2 spiro atoms. The van der Waals surface area contributed by atoms with E-state index in [-0.39, 0.29) is 54.1 Å². The van der Waals surface area contributed by atoms with Crippen molar-refractivity contribution < 1.29 is 84.0 Å². The van der Waals surface area contributed by atoms with Gasteiger partial charge in [-0.1, -0.05) is 27.7 Å². The van der Waals surface area contributed by atoms with Gasteiger partial charge in [-0.25, -0.2) is 0 Å². The highest BCUT2D eigenvalue weighted by molar-refractivity contribution is 5.67. The number of hydrogen-bond acceptors (Lipinski definition) is 17. The first-order valence-electron chi connectivity index (χ1n) is 22.8. The zero-order chi connectivity index (χ0) is 45.7. The highest BCUT2D eigenvalue weighted by Gasteiger charge is 2.85. The number of aliphatic hydroxyl groups excluding tert-OH is 9. The van der Waals surface area contributed by atoms with Crippen molar-refractivity contribution in [2.75, 3.05) is 19.8 Å². The first-order valence-corrected chi connectivity index (χ1v) is 22.8. The molecule has 356 valence electrons. The number of carbonyl (C=O) groups excluding carboxylic acids is 2. The lowest BCUT2D eigenvalue weighted by molar-refractivity contribution is -0.327. The highest BCUT2D eigenvalue weighted by atomic mass is 16.7. The second-order valence-electron chi connectivity index (χ2n) is 21.7. The normalized spacial score (nSPS) is 49.3. The van der Waals surface area contributed by atoms with E-state index >= 15 is 0 Å². The van der Waals surface area contributed by atoms with E-state index < -0.39 is 120 Å². The summed E-state index contributed by atoms with van der Waals surface area (Å²) in [7, 11) is 0. The third-order valence-corrected chi connectivity index (χ3v) is 17.9. The summed E-state index contributed by atoms with van der Waals surface area (Å²) < 4.78 is 34.8. The van der Waals surface area contributed by atoms with Crippen LogP contribution in [0.15, 0.2) is 0 Å². The summed E-state index contributed by atoms with van der Waals surface area (Å²) in [5.41, 5.74) is -3.37. The molecule has 0 aromatic rings. The molecule has 5 aliphatic carbocycles. The summed E-state index contributed by atoms with van der Waals surface area (Å²) in [4.78, 5) is 23.9. The van der Waals surface area contributed by atoms with Gasteiger partial charge in [0.15, 0.2) is 24.8 Å². The van der Waals surface area contributed by atoms with Gasteiger partial charge in [0.25, 0.3) is 0 Å². The minimum absolute atomic E-state index is 0.0455. The number of aliphatic hydroxyl groups is 9. The second-order valence-corrected chi connectivity index (χ2v) is 21.7. The standard InChI is InChI=1S/C45H74O17/c1-21(9-10-29(53)41(6,7)62-39-36(59-23(3)49)35(58-22(2)48)26(52)18-57-39)31-25(51)16-42(8)37-24(50)15-28-40(4,5)30(61-38-34(56)33(55)32(54)27(17-46)60-38)11-12-43(28)19-44(37,43)13-14-45(31,42)20-47/h21,24-39,46-47,50-56H,9-20H2,1-8H3/t21-,24+,25+,26-,27-,28+,29-,30+,31+,32-,33+,34-,35+,36-,37+,38+,39+,42+,43-,44+,45+/m1/s1. The molecule has 9 N–H and O–H groups in total. The Morgan fingerprint density at radius 3 is 2.11 bits per heavy atom. The van der Waals surface area contributed by atoms with Gasteiger partial charge in [0.05, 0.1) is 43.2 Å². The average molecular weight is 887 g/mol. The molecule has 7 aliphatic rings. The molecule has 17 nitrogen and oxygen atoms in total. The predicted octanol–water partition coefficient (Wildman–Crippen LogP) is 0.678. The Labute approximate surface area is 364 Å². The van der Waals surface area contributed by atoms with Gasteiger partial charge in [-0.05, 0) is 117 Å². The zero-order valence-electron chi connectivity index (χ0n) is 37.6. The lowest BCUT2D eigenvalue weighted by Gasteiger charge is -2.65. The van der Waals surface area contributed by atoms with Crippen molar-refractivity contribution in [1.29, 1.82) is 0 Å². The Kier molecular flexibility index (Phi) is 13.2. The van der Waals surface area contributed by atoms with Gasteiger partial charge in [0.2, 0.25) is 0 Å². The van der Waals surface area contributed by atoms with Gasteiger partial charge in [0, 0.05) is 25.9 Å². The van der Waals surface area contributed by atoms with E-state index in [1.54, 1.807) is 13.8 Å². The molecule has 2 aliphatic heterocycles. The Balaban J connectivity index is 1.04. The summed E-state index contributed by atoms with van der Waals surface area (Å²) in [6.45, 7) is 13.2. The molecular weight excluding hydrogens is 812 g/mol. The minimum atomic E-state index is -1.55. The van der Waals surface area contributed by atoms with Crippen molar-refractivity contribution in [3.63, 3.8) is 0 Å². The minimum Gasteiger partial charge on any atom is -0.455 e. The smallest absolute Gasteiger partial charge is 0.303 e. The Morgan fingerprint density at radius 1 is 0.823 bits per heavy atom. The van der Waals surface area contributed by atoms with E-state index in [9.17, 15) is 55.5 Å². The SMILES string of the molecule is CC(=O)O[C@@H]1[C@@H](OC(C)=O)[C@H](OC(C)(C)[C@H](O)CC[C@@H](C)[C@H]2[C@@H](O)C[C@@]3(C)[C@@H]4[C@@H](O)C[C@H]5C(C)(C)[C@@H](O[C@@H]6O[C@H](CO)[C@@H](O)[C@H](O)[C@H]6O)CC[C@@]56C[C@@]46CC[C@]23CO)OC[C@H]1O.